The Labute approximate surface area is 125 Å². The minimum atomic E-state index is -0.897. The van der Waals surface area contributed by atoms with Crippen molar-refractivity contribution in [3.05, 3.63) is 58.9 Å². The molecule has 21 heavy (non-hydrogen) atoms. The number of anilines is 1. The largest absolute Gasteiger partial charge is 0.424 e. The highest BCUT2D eigenvalue weighted by molar-refractivity contribution is 6.30. The average molecular weight is 307 g/mol. The summed E-state index contributed by atoms with van der Waals surface area (Å²) in [4.78, 5) is 4.23. The van der Waals surface area contributed by atoms with Crippen LogP contribution in [0.15, 0.2) is 46.9 Å². The van der Waals surface area contributed by atoms with E-state index in [4.69, 9.17) is 16.0 Å². The molecule has 0 saturated carbocycles. The number of nitrogens with one attached hydrogen (secondary N) is 1. The third kappa shape index (κ3) is 2.99. The lowest BCUT2D eigenvalue weighted by atomic mass is 10.1. The van der Waals surface area contributed by atoms with Gasteiger partial charge in [0.25, 0.3) is 6.01 Å². The van der Waals surface area contributed by atoms with Gasteiger partial charge in [0.1, 0.15) is 11.3 Å². The van der Waals surface area contributed by atoms with Crippen molar-refractivity contribution in [2.75, 3.05) is 11.9 Å². The molecule has 3 rings (SSSR count). The van der Waals surface area contributed by atoms with E-state index in [2.05, 4.69) is 10.3 Å². The summed E-state index contributed by atoms with van der Waals surface area (Å²) in [5.74, 6) is -0.560. The highest BCUT2D eigenvalue weighted by Gasteiger charge is 2.12. The molecule has 1 unspecified atom stereocenters. The van der Waals surface area contributed by atoms with Gasteiger partial charge in [-0.3, -0.25) is 0 Å². The fourth-order valence-electron chi connectivity index (χ4n) is 1.97. The third-order valence-electron chi connectivity index (χ3n) is 3.07. The molecule has 0 aliphatic carbocycles. The van der Waals surface area contributed by atoms with E-state index in [0.717, 1.165) is 5.52 Å². The number of nitrogens with zero attached hydrogens (tertiary/aromatic N) is 1. The van der Waals surface area contributed by atoms with Crippen molar-refractivity contribution in [1.82, 2.24) is 4.98 Å². The molecule has 0 spiro atoms. The predicted molar refractivity (Wildman–Crippen MR) is 78.9 cm³/mol. The van der Waals surface area contributed by atoms with Gasteiger partial charge >= 0.3 is 0 Å². The molecule has 2 N–H and O–H groups in total. The zero-order valence-electron chi connectivity index (χ0n) is 10.9. The lowest BCUT2D eigenvalue weighted by Gasteiger charge is -2.11. The molecule has 6 heteroatoms. The van der Waals surface area contributed by atoms with E-state index in [1.165, 1.54) is 12.1 Å². The highest BCUT2D eigenvalue weighted by atomic mass is 35.5. The lowest BCUT2D eigenvalue weighted by molar-refractivity contribution is 0.190. The molecule has 1 aromatic heterocycles. The number of benzene rings is 2. The van der Waals surface area contributed by atoms with E-state index in [-0.39, 0.29) is 11.6 Å². The molecule has 0 aliphatic rings. The fourth-order valence-corrected chi connectivity index (χ4v) is 2.09. The highest BCUT2D eigenvalue weighted by Crippen LogP contribution is 2.22. The number of aliphatic hydroxyl groups excluding tert-OH is 1. The molecular weight excluding hydrogens is 295 g/mol. The predicted octanol–water partition coefficient (Wildman–Crippen LogP) is 3.77. The van der Waals surface area contributed by atoms with Crippen molar-refractivity contribution in [2.45, 2.75) is 6.10 Å². The summed E-state index contributed by atoms with van der Waals surface area (Å²) < 4.78 is 18.8. The summed E-state index contributed by atoms with van der Waals surface area (Å²) in [6.45, 7) is 0.147. The number of hydrogen-bond donors (Lipinski definition) is 2. The molecule has 0 radical (unpaired) electrons. The van der Waals surface area contributed by atoms with Crippen LogP contribution in [0.1, 0.15) is 11.7 Å². The van der Waals surface area contributed by atoms with Gasteiger partial charge in [-0.05, 0) is 29.8 Å². The number of oxazole rings is 1. The van der Waals surface area contributed by atoms with Crippen LogP contribution in [0.4, 0.5) is 10.4 Å². The van der Waals surface area contributed by atoms with Gasteiger partial charge in [-0.2, -0.15) is 4.98 Å². The zero-order valence-corrected chi connectivity index (χ0v) is 11.6. The Kier molecular flexibility index (Phi) is 3.77. The van der Waals surface area contributed by atoms with Gasteiger partial charge < -0.3 is 14.8 Å². The van der Waals surface area contributed by atoms with E-state index < -0.39 is 11.9 Å². The quantitative estimate of drug-likeness (QED) is 0.770. The maximum atomic E-state index is 13.3. The van der Waals surface area contributed by atoms with Gasteiger partial charge in [0, 0.05) is 6.54 Å². The van der Waals surface area contributed by atoms with Crippen LogP contribution >= 0.6 is 11.6 Å². The summed E-state index contributed by atoms with van der Waals surface area (Å²) in [5, 5.41) is 12.9. The monoisotopic (exact) mass is 306 g/mol. The number of aliphatic hydroxyl groups is 1. The van der Waals surface area contributed by atoms with Crippen molar-refractivity contribution < 1.29 is 13.9 Å². The van der Waals surface area contributed by atoms with Crippen LogP contribution in [0, 0.1) is 5.82 Å². The normalized spacial score (nSPS) is 12.5. The minimum Gasteiger partial charge on any atom is -0.424 e. The topological polar surface area (TPSA) is 58.3 Å². The Morgan fingerprint density at radius 1 is 1.29 bits per heavy atom. The molecular formula is C15H12ClFN2O2. The standard InChI is InChI=1S/C15H12ClFN2O2/c16-10-6-5-9(7-11(10)17)13(20)8-18-15-19-12-3-1-2-4-14(12)21-15/h1-7,13,20H,8H2,(H,18,19). The molecule has 108 valence electrons. The molecule has 4 nitrogen and oxygen atoms in total. The number of hydrogen-bond acceptors (Lipinski definition) is 4. The fraction of sp³-hybridized carbons (Fsp3) is 0.133. The van der Waals surface area contributed by atoms with Crippen LogP contribution in [0.5, 0.6) is 0 Å². The van der Waals surface area contributed by atoms with Crippen molar-refractivity contribution in [1.29, 1.82) is 0 Å². The van der Waals surface area contributed by atoms with Crippen molar-refractivity contribution in [3.63, 3.8) is 0 Å². The van der Waals surface area contributed by atoms with E-state index >= 15 is 0 Å². The molecule has 0 bridgehead atoms. The summed E-state index contributed by atoms with van der Waals surface area (Å²) in [7, 11) is 0. The van der Waals surface area contributed by atoms with E-state index in [9.17, 15) is 9.50 Å². The first kappa shape index (κ1) is 13.9. The molecule has 2 aromatic carbocycles. The number of aromatic nitrogens is 1. The molecule has 0 saturated heterocycles. The van der Waals surface area contributed by atoms with Gasteiger partial charge in [-0.25, -0.2) is 4.39 Å². The Bertz CT molecular complexity index is 742. The molecule has 0 fully saturated rings. The van der Waals surface area contributed by atoms with E-state index in [0.29, 0.717) is 17.2 Å². The first-order valence-electron chi connectivity index (χ1n) is 6.36. The zero-order chi connectivity index (χ0) is 14.8. The maximum absolute atomic E-state index is 13.3. The average Bonchev–Trinajstić information content (AvgIpc) is 2.90. The van der Waals surface area contributed by atoms with Gasteiger partial charge in [0.05, 0.1) is 11.1 Å². The SMILES string of the molecule is OC(CNc1nc2ccccc2o1)c1ccc(Cl)c(F)c1. The Morgan fingerprint density at radius 2 is 2.10 bits per heavy atom. The van der Waals surface area contributed by atoms with E-state index in [1.54, 1.807) is 12.1 Å². The smallest absolute Gasteiger partial charge is 0.295 e. The first-order chi connectivity index (χ1) is 10.1. The number of fused-ring (bicyclic) bond motifs is 1. The minimum absolute atomic E-state index is 0.0258. The molecule has 1 heterocycles. The first-order valence-corrected chi connectivity index (χ1v) is 6.74. The maximum Gasteiger partial charge on any atom is 0.295 e. The van der Waals surface area contributed by atoms with Crippen LogP contribution in [0.2, 0.25) is 5.02 Å². The van der Waals surface area contributed by atoms with Gasteiger partial charge in [0.15, 0.2) is 5.58 Å². The Balaban J connectivity index is 1.70. The molecule has 1 atom stereocenters. The van der Waals surface area contributed by atoms with Gasteiger partial charge in [0.2, 0.25) is 0 Å². The summed E-state index contributed by atoms with van der Waals surface area (Å²) >= 11 is 5.61. The Hall–Kier alpha value is -2.11. The second kappa shape index (κ2) is 5.71. The second-order valence-electron chi connectivity index (χ2n) is 4.56. The summed E-state index contributed by atoms with van der Waals surface area (Å²) in [6.07, 6.45) is -0.897. The van der Waals surface area contributed by atoms with Crippen molar-refractivity contribution in [2.24, 2.45) is 0 Å². The summed E-state index contributed by atoms with van der Waals surface area (Å²) in [5.41, 5.74) is 1.82. The lowest BCUT2D eigenvalue weighted by Crippen LogP contribution is -2.12. The van der Waals surface area contributed by atoms with Gasteiger partial charge in [-0.15, -0.1) is 0 Å². The summed E-state index contributed by atoms with van der Waals surface area (Å²) in [6, 6.07) is 11.8. The van der Waals surface area contributed by atoms with Crippen molar-refractivity contribution in [3.8, 4) is 0 Å². The number of para-hydroxylation sites is 2. The Morgan fingerprint density at radius 3 is 2.86 bits per heavy atom. The molecule has 3 aromatic rings. The van der Waals surface area contributed by atoms with Crippen LogP contribution in [-0.4, -0.2) is 16.6 Å². The molecule has 0 aliphatic heterocycles. The number of rotatable bonds is 4. The van der Waals surface area contributed by atoms with Crippen LogP contribution in [0.25, 0.3) is 11.1 Å². The van der Waals surface area contributed by atoms with Crippen LogP contribution in [0.3, 0.4) is 0 Å². The van der Waals surface area contributed by atoms with Crippen LogP contribution < -0.4 is 5.32 Å². The van der Waals surface area contributed by atoms with Crippen molar-refractivity contribution >= 4 is 28.7 Å². The third-order valence-corrected chi connectivity index (χ3v) is 3.38. The van der Waals surface area contributed by atoms with E-state index in [1.807, 2.05) is 18.2 Å². The van der Waals surface area contributed by atoms with Gasteiger partial charge in [-0.1, -0.05) is 29.8 Å². The number of halogens is 2. The van der Waals surface area contributed by atoms with Crippen LogP contribution in [-0.2, 0) is 0 Å². The second-order valence-corrected chi connectivity index (χ2v) is 4.96. The molecule has 0 amide bonds.